The summed E-state index contributed by atoms with van der Waals surface area (Å²) < 4.78 is 0. The summed E-state index contributed by atoms with van der Waals surface area (Å²) in [6, 6.07) is 17.3. The lowest BCUT2D eigenvalue weighted by atomic mass is 10.0. The lowest BCUT2D eigenvalue weighted by Crippen LogP contribution is -2.17. The second kappa shape index (κ2) is 5.96. The van der Waals surface area contributed by atoms with Crippen molar-refractivity contribution in [2.75, 3.05) is 18.0 Å². The smallest absolute Gasteiger partial charge is 0.336 e. The van der Waals surface area contributed by atoms with Gasteiger partial charge in [0.25, 0.3) is 0 Å². The lowest BCUT2D eigenvalue weighted by molar-refractivity contribution is 0.0699. The first-order valence-electron chi connectivity index (χ1n) is 8.21. The number of pyridine rings is 1. The topological polar surface area (TPSA) is 53.4 Å². The number of aromatic carboxylic acids is 1. The zero-order valence-electron chi connectivity index (χ0n) is 13.3. The molecule has 3 aromatic rings. The van der Waals surface area contributed by atoms with E-state index in [0.717, 1.165) is 18.7 Å². The summed E-state index contributed by atoms with van der Waals surface area (Å²) in [6.07, 6.45) is 2.45. The molecular formula is C20H18N2O2. The number of fused-ring (bicyclic) bond motifs is 1. The molecule has 1 aliphatic rings. The van der Waals surface area contributed by atoms with Gasteiger partial charge in [-0.25, -0.2) is 9.78 Å². The van der Waals surface area contributed by atoms with Gasteiger partial charge >= 0.3 is 5.97 Å². The summed E-state index contributed by atoms with van der Waals surface area (Å²) in [6.45, 7) is 2.16. The van der Waals surface area contributed by atoms with Gasteiger partial charge in [-0.05, 0) is 37.1 Å². The third-order valence-electron chi connectivity index (χ3n) is 4.56. The van der Waals surface area contributed by atoms with E-state index in [1.165, 1.54) is 18.5 Å². The fourth-order valence-electron chi connectivity index (χ4n) is 3.34. The molecule has 1 aliphatic heterocycles. The molecule has 1 saturated heterocycles. The largest absolute Gasteiger partial charge is 0.478 e. The highest BCUT2D eigenvalue weighted by Crippen LogP contribution is 2.29. The molecule has 0 bridgehead atoms. The van der Waals surface area contributed by atoms with E-state index in [-0.39, 0.29) is 0 Å². The highest BCUT2D eigenvalue weighted by atomic mass is 16.4. The molecule has 0 saturated carbocycles. The van der Waals surface area contributed by atoms with E-state index >= 15 is 0 Å². The number of carboxylic acid groups (broad SMARTS) is 1. The number of benzene rings is 2. The monoisotopic (exact) mass is 318 g/mol. The van der Waals surface area contributed by atoms with E-state index in [0.29, 0.717) is 22.2 Å². The third-order valence-corrected chi connectivity index (χ3v) is 4.56. The van der Waals surface area contributed by atoms with Crippen LogP contribution in [0.5, 0.6) is 0 Å². The Labute approximate surface area is 140 Å². The fraction of sp³-hybridized carbons (Fsp3) is 0.200. The molecular weight excluding hydrogens is 300 g/mol. The second-order valence-corrected chi connectivity index (χ2v) is 6.12. The second-order valence-electron chi connectivity index (χ2n) is 6.12. The lowest BCUT2D eigenvalue weighted by Gasteiger charge is -2.18. The Morgan fingerprint density at radius 2 is 1.79 bits per heavy atom. The van der Waals surface area contributed by atoms with Gasteiger partial charge in [0, 0.05) is 29.7 Å². The van der Waals surface area contributed by atoms with Crippen molar-refractivity contribution in [2.45, 2.75) is 12.8 Å². The van der Waals surface area contributed by atoms with Crippen molar-refractivity contribution >= 4 is 22.6 Å². The van der Waals surface area contributed by atoms with Gasteiger partial charge in [-0.2, -0.15) is 0 Å². The number of para-hydroxylation sites is 1. The normalized spacial score (nSPS) is 14.2. The Hall–Kier alpha value is -2.88. The predicted molar refractivity (Wildman–Crippen MR) is 95.6 cm³/mol. The molecule has 4 heteroatoms. The average Bonchev–Trinajstić information content (AvgIpc) is 3.15. The maximum atomic E-state index is 11.6. The van der Waals surface area contributed by atoms with Crippen molar-refractivity contribution in [1.82, 2.24) is 4.98 Å². The van der Waals surface area contributed by atoms with Crippen molar-refractivity contribution in [1.29, 1.82) is 0 Å². The van der Waals surface area contributed by atoms with Crippen LogP contribution >= 0.6 is 0 Å². The zero-order valence-corrected chi connectivity index (χ0v) is 13.3. The fourth-order valence-corrected chi connectivity index (χ4v) is 3.34. The Morgan fingerprint density at radius 1 is 1.00 bits per heavy atom. The minimum absolute atomic E-state index is 0.294. The van der Waals surface area contributed by atoms with E-state index in [4.69, 9.17) is 0 Å². The van der Waals surface area contributed by atoms with E-state index in [1.54, 1.807) is 12.1 Å². The number of anilines is 1. The molecule has 4 rings (SSSR count). The zero-order chi connectivity index (χ0) is 16.5. The van der Waals surface area contributed by atoms with Gasteiger partial charge in [0.05, 0.1) is 16.8 Å². The highest BCUT2D eigenvalue weighted by Gasteiger charge is 2.15. The van der Waals surface area contributed by atoms with E-state index < -0.39 is 5.97 Å². The molecule has 0 spiro atoms. The van der Waals surface area contributed by atoms with Crippen LogP contribution in [0, 0.1) is 0 Å². The van der Waals surface area contributed by atoms with Crippen molar-refractivity contribution in [3.63, 3.8) is 0 Å². The molecule has 1 aromatic heterocycles. The molecule has 0 aliphatic carbocycles. The number of carboxylic acids is 1. The van der Waals surface area contributed by atoms with Crippen LogP contribution in [0.2, 0.25) is 0 Å². The van der Waals surface area contributed by atoms with E-state index in [1.807, 2.05) is 30.3 Å². The number of hydrogen-bond acceptors (Lipinski definition) is 3. The predicted octanol–water partition coefficient (Wildman–Crippen LogP) is 4.20. The molecule has 2 aromatic carbocycles. The standard InChI is InChI=1S/C20H18N2O2/c23-20(24)17-13-19(21-18-9-2-1-8-16(17)18)14-6-5-7-15(12-14)22-10-3-4-11-22/h1-2,5-9,12-13H,3-4,10-11H2,(H,23,24). The quantitative estimate of drug-likeness (QED) is 0.786. The average molecular weight is 318 g/mol. The Morgan fingerprint density at radius 3 is 2.58 bits per heavy atom. The minimum Gasteiger partial charge on any atom is -0.478 e. The van der Waals surface area contributed by atoms with Crippen LogP contribution in [0.25, 0.3) is 22.2 Å². The van der Waals surface area contributed by atoms with Gasteiger partial charge in [-0.15, -0.1) is 0 Å². The molecule has 1 fully saturated rings. The van der Waals surface area contributed by atoms with Gasteiger partial charge in [0.1, 0.15) is 0 Å². The van der Waals surface area contributed by atoms with Gasteiger partial charge in [0.15, 0.2) is 0 Å². The number of hydrogen-bond donors (Lipinski definition) is 1. The molecule has 0 radical (unpaired) electrons. The SMILES string of the molecule is O=C(O)c1cc(-c2cccc(N3CCCC3)c2)nc2ccccc12. The number of rotatable bonds is 3. The van der Waals surface area contributed by atoms with Gasteiger partial charge in [-0.1, -0.05) is 30.3 Å². The summed E-state index contributed by atoms with van der Waals surface area (Å²) >= 11 is 0. The maximum absolute atomic E-state index is 11.6. The summed E-state index contributed by atoms with van der Waals surface area (Å²) in [5.74, 6) is -0.925. The molecule has 1 N–H and O–H groups in total. The van der Waals surface area contributed by atoms with Crippen LogP contribution < -0.4 is 4.90 Å². The van der Waals surface area contributed by atoms with Gasteiger partial charge in [0.2, 0.25) is 0 Å². The van der Waals surface area contributed by atoms with Crippen LogP contribution in [-0.4, -0.2) is 29.1 Å². The van der Waals surface area contributed by atoms with Crippen molar-refractivity contribution in [3.8, 4) is 11.3 Å². The number of aromatic nitrogens is 1. The summed E-state index contributed by atoms with van der Waals surface area (Å²) in [7, 11) is 0. The number of nitrogens with zero attached hydrogens (tertiary/aromatic N) is 2. The first-order valence-corrected chi connectivity index (χ1v) is 8.21. The Kier molecular flexibility index (Phi) is 3.65. The van der Waals surface area contributed by atoms with Crippen molar-refractivity contribution in [2.24, 2.45) is 0 Å². The highest BCUT2D eigenvalue weighted by molar-refractivity contribution is 6.03. The summed E-state index contributed by atoms with van der Waals surface area (Å²) in [5.41, 5.74) is 3.83. The first-order chi connectivity index (χ1) is 11.7. The first kappa shape index (κ1) is 14.7. The van der Waals surface area contributed by atoms with Crippen LogP contribution in [0.15, 0.2) is 54.6 Å². The van der Waals surface area contributed by atoms with Crippen LogP contribution in [0.1, 0.15) is 23.2 Å². The van der Waals surface area contributed by atoms with E-state index in [2.05, 4.69) is 22.0 Å². The van der Waals surface area contributed by atoms with Gasteiger partial charge < -0.3 is 10.0 Å². The van der Waals surface area contributed by atoms with Crippen LogP contribution in [0.3, 0.4) is 0 Å². The minimum atomic E-state index is -0.925. The van der Waals surface area contributed by atoms with Crippen molar-refractivity contribution in [3.05, 3.63) is 60.2 Å². The van der Waals surface area contributed by atoms with Crippen molar-refractivity contribution < 1.29 is 9.90 Å². The summed E-state index contributed by atoms with van der Waals surface area (Å²) in [5, 5.41) is 10.2. The molecule has 2 heterocycles. The van der Waals surface area contributed by atoms with Crippen LogP contribution in [-0.2, 0) is 0 Å². The molecule has 24 heavy (non-hydrogen) atoms. The molecule has 4 nitrogen and oxygen atoms in total. The van der Waals surface area contributed by atoms with Crippen LogP contribution in [0.4, 0.5) is 5.69 Å². The Bertz CT molecular complexity index is 914. The molecule has 0 unspecified atom stereocenters. The molecule has 0 atom stereocenters. The Balaban J connectivity index is 1.84. The van der Waals surface area contributed by atoms with Gasteiger partial charge in [-0.3, -0.25) is 0 Å². The maximum Gasteiger partial charge on any atom is 0.336 e. The molecule has 0 amide bonds. The number of carbonyl (C=O) groups is 1. The third kappa shape index (κ3) is 2.60. The summed E-state index contributed by atoms with van der Waals surface area (Å²) in [4.78, 5) is 18.7. The molecule has 120 valence electrons. The van der Waals surface area contributed by atoms with E-state index in [9.17, 15) is 9.90 Å².